The fourth-order valence-corrected chi connectivity index (χ4v) is 2.24. The van der Waals surface area contributed by atoms with Crippen molar-refractivity contribution < 1.29 is 0 Å². The third-order valence-electron chi connectivity index (χ3n) is 2.73. The molecule has 3 heteroatoms. The highest BCUT2D eigenvalue weighted by Crippen LogP contribution is 2.38. The number of rotatable bonds is 4. The van der Waals surface area contributed by atoms with Gasteiger partial charge >= 0.3 is 0 Å². The van der Waals surface area contributed by atoms with Crippen LogP contribution in [0.1, 0.15) is 31.0 Å². The molecule has 0 amide bonds. The molecule has 0 saturated heterocycles. The Morgan fingerprint density at radius 3 is 3.00 bits per heavy atom. The highest BCUT2D eigenvalue weighted by Gasteiger charge is 2.26. The second-order valence-corrected chi connectivity index (χ2v) is 4.75. The molecule has 1 heterocycles. The summed E-state index contributed by atoms with van der Waals surface area (Å²) in [4.78, 5) is 4.42. The van der Waals surface area contributed by atoms with Crippen LogP contribution in [0.15, 0.2) is 22.8 Å². The summed E-state index contributed by atoms with van der Waals surface area (Å²) in [6.07, 6.45) is 5.86. The van der Waals surface area contributed by atoms with Crippen LogP contribution >= 0.6 is 15.9 Å². The summed E-state index contributed by atoms with van der Waals surface area (Å²) >= 11 is 3.55. The first-order valence-electron chi connectivity index (χ1n) is 5.09. The Kier molecular flexibility index (Phi) is 3.19. The van der Waals surface area contributed by atoms with Gasteiger partial charge in [0.15, 0.2) is 0 Å². The summed E-state index contributed by atoms with van der Waals surface area (Å²) < 4.78 is 1.11. The molecule has 0 aromatic carbocycles. The average Bonchev–Trinajstić information content (AvgIpc) is 2.99. The molecular formula is C11H15BrN2. The fraction of sp³-hybridized carbons (Fsp3) is 0.545. The van der Waals surface area contributed by atoms with Crippen molar-refractivity contribution in [3.8, 4) is 0 Å². The van der Waals surface area contributed by atoms with E-state index >= 15 is 0 Å². The first kappa shape index (κ1) is 10.1. The first-order valence-corrected chi connectivity index (χ1v) is 5.88. The predicted octanol–water partition coefficient (Wildman–Crippen LogP) is 2.90. The normalized spacial score (nSPS) is 18.1. The van der Waals surface area contributed by atoms with Crippen LogP contribution in [0.2, 0.25) is 0 Å². The molecule has 1 N–H and O–H groups in total. The van der Waals surface area contributed by atoms with Gasteiger partial charge in [-0.3, -0.25) is 4.98 Å². The van der Waals surface area contributed by atoms with Crippen molar-refractivity contribution in [2.75, 3.05) is 7.05 Å². The Morgan fingerprint density at radius 2 is 2.43 bits per heavy atom. The zero-order valence-corrected chi connectivity index (χ0v) is 9.92. The van der Waals surface area contributed by atoms with Gasteiger partial charge in [0.2, 0.25) is 0 Å². The molecule has 1 fully saturated rings. The highest BCUT2D eigenvalue weighted by molar-refractivity contribution is 9.10. The van der Waals surface area contributed by atoms with Gasteiger partial charge in [-0.2, -0.15) is 0 Å². The zero-order valence-electron chi connectivity index (χ0n) is 8.33. The topological polar surface area (TPSA) is 24.9 Å². The van der Waals surface area contributed by atoms with Crippen LogP contribution < -0.4 is 5.32 Å². The van der Waals surface area contributed by atoms with E-state index in [1.807, 2.05) is 19.3 Å². The molecule has 0 spiro atoms. The number of nitrogens with zero attached hydrogens (tertiary/aromatic N) is 1. The Morgan fingerprint density at radius 1 is 1.64 bits per heavy atom. The van der Waals surface area contributed by atoms with Crippen LogP contribution in [-0.4, -0.2) is 12.0 Å². The van der Waals surface area contributed by atoms with E-state index in [0.29, 0.717) is 6.04 Å². The Hall–Kier alpha value is -0.410. The Bertz CT molecular complexity index is 310. The van der Waals surface area contributed by atoms with Gasteiger partial charge in [0.05, 0.1) is 11.7 Å². The highest BCUT2D eigenvalue weighted by atomic mass is 79.9. The molecule has 1 unspecified atom stereocenters. The lowest BCUT2D eigenvalue weighted by molar-refractivity contribution is 0.501. The smallest absolute Gasteiger partial charge is 0.0714 e. The lowest BCUT2D eigenvalue weighted by atomic mass is 10.1. The van der Waals surface area contributed by atoms with Gasteiger partial charge in [-0.25, -0.2) is 0 Å². The predicted molar refractivity (Wildman–Crippen MR) is 61.1 cm³/mol. The van der Waals surface area contributed by atoms with Crippen LogP contribution in [0.4, 0.5) is 0 Å². The van der Waals surface area contributed by atoms with Crippen molar-refractivity contribution >= 4 is 15.9 Å². The van der Waals surface area contributed by atoms with Crippen molar-refractivity contribution in [2.45, 2.75) is 25.3 Å². The van der Waals surface area contributed by atoms with Crippen LogP contribution in [0.5, 0.6) is 0 Å². The third kappa shape index (κ3) is 2.34. The van der Waals surface area contributed by atoms with Crippen LogP contribution in [0.3, 0.4) is 0 Å². The Labute approximate surface area is 93.3 Å². The molecule has 14 heavy (non-hydrogen) atoms. The summed E-state index contributed by atoms with van der Waals surface area (Å²) in [7, 11) is 2.01. The molecular weight excluding hydrogens is 240 g/mol. The summed E-state index contributed by atoms with van der Waals surface area (Å²) in [6, 6.07) is 4.41. The summed E-state index contributed by atoms with van der Waals surface area (Å²) in [5, 5.41) is 3.34. The van der Waals surface area contributed by atoms with Gasteiger partial charge in [-0.05, 0) is 47.4 Å². The van der Waals surface area contributed by atoms with Gasteiger partial charge < -0.3 is 5.32 Å². The molecule has 2 rings (SSSR count). The number of nitrogens with one attached hydrogen (secondary N) is 1. The molecule has 0 bridgehead atoms. The van der Waals surface area contributed by atoms with Crippen molar-refractivity contribution in [3.63, 3.8) is 0 Å². The lowest BCUT2D eigenvalue weighted by Gasteiger charge is -2.16. The average molecular weight is 255 g/mol. The zero-order chi connectivity index (χ0) is 9.97. The number of pyridine rings is 1. The van der Waals surface area contributed by atoms with Crippen molar-refractivity contribution in [1.29, 1.82) is 0 Å². The van der Waals surface area contributed by atoms with Gasteiger partial charge in [0.25, 0.3) is 0 Å². The maximum absolute atomic E-state index is 4.42. The minimum Gasteiger partial charge on any atom is -0.312 e. The van der Waals surface area contributed by atoms with E-state index in [4.69, 9.17) is 0 Å². The van der Waals surface area contributed by atoms with Gasteiger partial charge in [0.1, 0.15) is 0 Å². The molecule has 1 aromatic rings. The summed E-state index contributed by atoms with van der Waals surface area (Å²) in [6.45, 7) is 0. The Balaban J connectivity index is 2.12. The molecule has 0 radical (unpaired) electrons. The number of aromatic nitrogens is 1. The SMILES string of the molecule is CNC(CC1CC1)c1ncccc1Br. The van der Waals surface area contributed by atoms with E-state index in [1.165, 1.54) is 19.3 Å². The standard InChI is InChI=1S/C11H15BrN2/c1-13-10(7-8-4-5-8)11-9(12)3-2-6-14-11/h2-3,6,8,10,13H,4-5,7H2,1H3. The van der Waals surface area contributed by atoms with Gasteiger partial charge in [-0.1, -0.05) is 12.8 Å². The summed E-state index contributed by atoms with van der Waals surface area (Å²) in [5.74, 6) is 0.918. The maximum atomic E-state index is 4.42. The molecule has 1 atom stereocenters. The molecule has 2 nitrogen and oxygen atoms in total. The second kappa shape index (κ2) is 4.41. The second-order valence-electron chi connectivity index (χ2n) is 3.89. The van der Waals surface area contributed by atoms with E-state index in [-0.39, 0.29) is 0 Å². The van der Waals surface area contributed by atoms with E-state index in [2.05, 4.69) is 32.3 Å². The minimum absolute atomic E-state index is 0.401. The summed E-state index contributed by atoms with van der Waals surface area (Å²) in [5.41, 5.74) is 1.14. The number of hydrogen-bond acceptors (Lipinski definition) is 2. The van der Waals surface area contributed by atoms with Gasteiger partial charge in [-0.15, -0.1) is 0 Å². The monoisotopic (exact) mass is 254 g/mol. The van der Waals surface area contributed by atoms with E-state index in [9.17, 15) is 0 Å². The third-order valence-corrected chi connectivity index (χ3v) is 3.40. The van der Waals surface area contributed by atoms with Gasteiger partial charge in [0, 0.05) is 10.7 Å². The number of hydrogen-bond donors (Lipinski definition) is 1. The molecule has 1 saturated carbocycles. The minimum atomic E-state index is 0.401. The largest absolute Gasteiger partial charge is 0.312 e. The molecule has 76 valence electrons. The lowest BCUT2D eigenvalue weighted by Crippen LogP contribution is -2.18. The molecule has 0 aliphatic heterocycles. The van der Waals surface area contributed by atoms with Crippen molar-refractivity contribution in [3.05, 3.63) is 28.5 Å². The molecule has 1 aliphatic rings. The quantitative estimate of drug-likeness (QED) is 0.894. The van der Waals surface area contributed by atoms with Crippen LogP contribution in [-0.2, 0) is 0 Å². The first-order chi connectivity index (χ1) is 6.81. The molecule has 1 aromatic heterocycles. The van der Waals surface area contributed by atoms with Crippen molar-refractivity contribution in [2.24, 2.45) is 5.92 Å². The van der Waals surface area contributed by atoms with Crippen LogP contribution in [0, 0.1) is 5.92 Å². The van der Waals surface area contributed by atoms with Crippen molar-refractivity contribution in [1.82, 2.24) is 10.3 Å². The maximum Gasteiger partial charge on any atom is 0.0714 e. The van der Waals surface area contributed by atoms with Crippen LogP contribution in [0.25, 0.3) is 0 Å². The molecule has 1 aliphatic carbocycles. The van der Waals surface area contributed by atoms with E-state index < -0.39 is 0 Å². The fourth-order valence-electron chi connectivity index (χ4n) is 1.71. The number of halogens is 1. The van der Waals surface area contributed by atoms with E-state index in [0.717, 1.165) is 16.1 Å². The van der Waals surface area contributed by atoms with E-state index in [1.54, 1.807) is 0 Å².